The Balaban J connectivity index is 4.82. The molecule has 0 radical (unpaired) electrons. The molecule has 0 rings (SSSR count). The molecule has 4 N–H and O–H groups in total. The van der Waals surface area contributed by atoms with Crippen LogP contribution < -0.4 is 11.5 Å². The molecule has 0 bridgehead atoms. The molecule has 6 nitrogen and oxygen atoms in total. The summed E-state index contributed by atoms with van der Waals surface area (Å²) < 4.78 is 42.9. The van der Waals surface area contributed by atoms with Gasteiger partial charge in [-0.2, -0.15) is 0 Å². The zero-order chi connectivity index (χ0) is 16.0. The summed E-state index contributed by atoms with van der Waals surface area (Å²) >= 11 is 0. The molecule has 0 fully saturated rings. The molecule has 1 unspecified atom stereocenters. The molecule has 10 heteroatoms. The molecular formula is C10H22Cl2N2O4S2. The van der Waals surface area contributed by atoms with E-state index in [1.165, 1.54) is 0 Å². The molecule has 0 heterocycles. The van der Waals surface area contributed by atoms with Crippen LogP contribution in [0.3, 0.4) is 0 Å². The third-order valence-electron chi connectivity index (χ3n) is 3.23. The van der Waals surface area contributed by atoms with Gasteiger partial charge in [0.2, 0.25) is 4.20 Å². The number of hydrogen-bond donors (Lipinski definition) is 2. The van der Waals surface area contributed by atoms with Crippen LogP contribution in [0.2, 0.25) is 0 Å². The maximum absolute atomic E-state index is 11.4. The predicted molar refractivity (Wildman–Crippen MR) is 82.4 cm³/mol. The van der Waals surface area contributed by atoms with Gasteiger partial charge in [-0.15, -0.1) is 0 Å². The van der Waals surface area contributed by atoms with Gasteiger partial charge in [0.15, 0.2) is 0 Å². The Hall–Kier alpha value is 0.400. The van der Waals surface area contributed by atoms with E-state index in [1.54, 1.807) is 0 Å². The molecule has 20 heavy (non-hydrogen) atoms. The zero-order valence-electron chi connectivity index (χ0n) is 11.4. The fourth-order valence-electron chi connectivity index (χ4n) is 2.08. The highest BCUT2D eigenvalue weighted by Gasteiger charge is 2.50. The minimum Gasteiger partial charge on any atom is -0.330 e. The molecule has 0 aromatic rings. The average molecular weight is 369 g/mol. The first kappa shape index (κ1) is 20.4. The number of nitrogens with two attached hydrogens (primary N) is 2. The maximum atomic E-state index is 11.4. The first-order valence-corrected chi connectivity index (χ1v) is 11.0. The first-order chi connectivity index (χ1) is 8.99. The third kappa shape index (κ3) is 5.65. The lowest BCUT2D eigenvalue weighted by atomic mass is 9.94. The molecule has 0 aromatic carbocycles. The standard InChI is InChI=1S/C10H22Cl2N2O4S2/c1-2-4-9(6-8-13)5-3-7-10(14,19(11,15)16)20(12,17)18/h9H,2-8,13-14H2,1H3. The largest absolute Gasteiger partial charge is 0.330 e. The van der Waals surface area contributed by atoms with Crippen molar-refractivity contribution in [3.63, 3.8) is 0 Å². The fraction of sp³-hybridized carbons (Fsp3) is 1.00. The molecule has 0 aliphatic rings. The SMILES string of the molecule is CCCC(CCN)CCCC(N)(S(=O)(=O)Cl)S(=O)(=O)Cl. The second-order valence-corrected chi connectivity index (χ2v) is 10.7. The fourth-order valence-corrected chi connectivity index (χ4v) is 6.05. The number of halogens is 2. The van der Waals surface area contributed by atoms with Crippen LogP contribution in [0.5, 0.6) is 0 Å². The van der Waals surface area contributed by atoms with Gasteiger partial charge in [-0.1, -0.05) is 26.2 Å². The molecule has 0 saturated heterocycles. The van der Waals surface area contributed by atoms with E-state index in [1.807, 2.05) is 6.92 Å². The van der Waals surface area contributed by atoms with Crippen LogP contribution in [-0.4, -0.2) is 27.6 Å². The summed E-state index contributed by atoms with van der Waals surface area (Å²) in [4.78, 5) is 0. The molecule has 1 atom stereocenters. The summed E-state index contributed by atoms with van der Waals surface area (Å²) in [5.41, 5.74) is 10.9. The lowest BCUT2D eigenvalue weighted by molar-refractivity contribution is 0.397. The van der Waals surface area contributed by atoms with Gasteiger partial charge in [-0.05, 0) is 31.7 Å². The summed E-state index contributed by atoms with van der Waals surface area (Å²) in [5.74, 6) is 0.310. The van der Waals surface area contributed by atoms with Crippen molar-refractivity contribution in [3.05, 3.63) is 0 Å². The average Bonchev–Trinajstić information content (AvgIpc) is 2.26. The monoisotopic (exact) mass is 368 g/mol. The van der Waals surface area contributed by atoms with Crippen molar-refractivity contribution in [3.8, 4) is 0 Å². The van der Waals surface area contributed by atoms with E-state index in [-0.39, 0.29) is 6.42 Å². The first-order valence-electron chi connectivity index (χ1n) is 6.37. The van der Waals surface area contributed by atoms with Crippen LogP contribution >= 0.6 is 21.4 Å². The second-order valence-electron chi connectivity index (χ2n) is 4.81. The minimum absolute atomic E-state index is 0.291. The predicted octanol–water partition coefficient (Wildman–Crippen LogP) is 1.67. The van der Waals surface area contributed by atoms with Crippen molar-refractivity contribution < 1.29 is 16.8 Å². The summed E-state index contributed by atoms with van der Waals surface area (Å²) in [6, 6.07) is 0. The van der Waals surface area contributed by atoms with Crippen LogP contribution in [-0.2, 0) is 18.1 Å². The van der Waals surface area contributed by atoms with Gasteiger partial charge in [0.05, 0.1) is 0 Å². The molecule has 0 amide bonds. The molecule has 0 spiro atoms. The van der Waals surface area contributed by atoms with E-state index >= 15 is 0 Å². The van der Waals surface area contributed by atoms with Crippen LogP contribution in [0, 0.1) is 5.92 Å². The van der Waals surface area contributed by atoms with E-state index in [4.69, 9.17) is 32.8 Å². The van der Waals surface area contributed by atoms with E-state index in [2.05, 4.69) is 0 Å². The van der Waals surface area contributed by atoms with Crippen molar-refractivity contribution >= 4 is 39.5 Å². The maximum Gasteiger partial charge on any atom is 0.267 e. The van der Waals surface area contributed by atoms with Gasteiger partial charge in [-0.3, -0.25) is 5.73 Å². The molecule has 0 aliphatic heterocycles. The van der Waals surface area contributed by atoms with Crippen molar-refractivity contribution in [2.24, 2.45) is 17.4 Å². The van der Waals surface area contributed by atoms with Crippen LogP contribution in [0.1, 0.15) is 45.4 Å². The van der Waals surface area contributed by atoms with Crippen molar-refractivity contribution in [2.45, 2.75) is 49.7 Å². The van der Waals surface area contributed by atoms with Crippen molar-refractivity contribution in [2.75, 3.05) is 6.54 Å². The topological polar surface area (TPSA) is 120 Å². The number of rotatable bonds is 10. The molecular weight excluding hydrogens is 347 g/mol. The van der Waals surface area contributed by atoms with Crippen LogP contribution in [0.4, 0.5) is 0 Å². The van der Waals surface area contributed by atoms with Crippen LogP contribution in [0.15, 0.2) is 0 Å². The van der Waals surface area contributed by atoms with Gasteiger partial charge in [0, 0.05) is 21.4 Å². The number of hydrogen-bond acceptors (Lipinski definition) is 6. The van der Waals surface area contributed by atoms with E-state index < -0.39 is 22.3 Å². The Morgan fingerprint density at radius 2 is 1.55 bits per heavy atom. The Labute approximate surface area is 130 Å². The third-order valence-corrected chi connectivity index (χ3v) is 8.81. The van der Waals surface area contributed by atoms with Gasteiger partial charge >= 0.3 is 0 Å². The molecule has 0 aromatic heterocycles. The van der Waals surface area contributed by atoms with Crippen molar-refractivity contribution in [1.29, 1.82) is 0 Å². The lowest BCUT2D eigenvalue weighted by Gasteiger charge is -2.23. The summed E-state index contributed by atoms with van der Waals surface area (Å²) in [5, 5.41) is 0. The quantitative estimate of drug-likeness (QED) is 0.565. The Bertz CT molecular complexity index is 455. The Morgan fingerprint density at radius 3 is 1.90 bits per heavy atom. The van der Waals surface area contributed by atoms with Crippen LogP contribution in [0.25, 0.3) is 0 Å². The van der Waals surface area contributed by atoms with E-state index in [0.717, 1.165) is 19.3 Å². The zero-order valence-corrected chi connectivity index (χ0v) is 14.5. The Kier molecular flexibility index (Phi) is 8.31. The summed E-state index contributed by atoms with van der Waals surface area (Å²) in [6.07, 6.45) is 3.29. The van der Waals surface area contributed by atoms with E-state index in [9.17, 15) is 16.8 Å². The van der Waals surface area contributed by atoms with Gasteiger partial charge in [-0.25, -0.2) is 16.8 Å². The summed E-state index contributed by atoms with van der Waals surface area (Å²) in [7, 11) is 1.17. The van der Waals surface area contributed by atoms with Crippen molar-refractivity contribution in [1.82, 2.24) is 0 Å². The highest BCUT2D eigenvalue weighted by molar-refractivity contribution is 8.29. The van der Waals surface area contributed by atoms with Gasteiger partial charge < -0.3 is 5.73 Å². The molecule has 122 valence electrons. The van der Waals surface area contributed by atoms with Gasteiger partial charge in [0.25, 0.3) is 18.1 Å². The van der Waals surface area contributed by atoms with Gasteiger partial charge in [0.1, 0.15) is 0 Å². The highest BCUT2D eigenvalue weighted by atomic mass is 35.7. The molecule has 0 aliphatic carbocycles. The van der Waals surface area contributed by atoms with E-state index in [0.29, 0.717) is 25.3 Å². The summed E-state index contributed by atoms with van der Waals surface area (Å²) in [6.45, 7) is 2.56. The minimum atomic E-state index is -4.54. The molecule has 0 saturated carbocycles. The Morgan fingerprint density at radius 1 is 1.05 bits per heavy atom. The second kappa shape index (κ2) is 8.14. The lowest BCUT2D eigenvalue weighted by Crippen LogP contribution is -2.50. The normalized spacial score (nSPS) is 15.2. The smallest absolute Gasteiger partial charge is 0.267 e. The highest BCUT2D eigenvalue weighted by Crippen LogP contribution is 2.32.